The highest BCUT2D eigenvalue weighted by molar-refractivity contribution is 7.89. The van der Waals surface area contributed by atoms with Crippen molar-refractivity contribution in [2.24, 2.45) is 0 Å². The van der Waals surface area contributed by atoms with Gasteiger partial charge in [-0.15, -0.1) is 0 Å². The topological polar surface area (TPSA) is 147 Å². The Morgan fingerprint density at radius 2 is 1.74 bits per heavy atom. The van der Waals surface area contributed by atoms with E-state index in [9.17, 15) is 23.3 Å². The zero-order valence-electron chi connectivity index (χ0n) is 19.1. The maximum atomic E-state index is 13.1. The number of rotatable bonds is 8. The van der Waals surface area contributed by atoms with E-state index < -0.39 is 26.5 Å². The van der Waals surface area contributed by atoms with Crippen LogP contribution in [0.4, 0.5) is 11.4 Å². The molecule has 0 spiro atoms. The Morgan fingerprint density at radius 3 is 2.29 bits per heavy atom. The quantitative estimate of drug-likeness (QED) is 0.430. The zero-order chi connectivity index (χ0) is 25.0. The number of aryl methyl sites for hydroxylation is 1. The Bertz CT molecular complexity index is 1210. The zero-order valence-corrected chi connectivity index (χ0v) is 19.9. The number of hydrogen-bond donors (Lipinski definition) is 1. The van der Waals surface area contributed by atoms with Crippen molar-refractivity contribution >= 4 is 27.3 Å². The van der Waals surface area contributed by atoms with Crippen molar-refractivity contribution in [1.29, 1.82) is 0 Å². The van der Waals surface area contributed by atoms with Crippen LogP contribution in [-0.2, 0) is 14.8 Å². The third kappa shape index (κ3) is 4.76. The Morgan fingerprint density at radius 1 is 1.09 bits per heavy atom. The molecule has 1 heterocycles. The van der Waals surface area contributed by atoms with Gasteiger partial charge < -0.3 is 24.3 Å². The van der Waals surface area contributed by atoms with E-state index in [0.29, 0.717) is 18.8 Å². The molecular weight excluding hydrogens is 470 g/mol. The molecule has 12 nitrogen and oxygen atoms in total. The first kappa shape index (κ1) is 25.2. The monoisotopic (exact) mass is 495 g/mol. The minimum atomic E-state index is -3.82. The minimum absolute atomic E-state index is 0.0188. The number of benzene rings is 2. The molecule has 0 saturated carbocycles. The first-order valence-corrected chi connectivity index (χ1v) is 11.6. The van der Waals surface area contributed by atoms with Gasteiger partial charge in [-0.1, -0.05) is 6.07 Å². The lowest BCUT2D eigenvalue weighted by Gasteiger charge is -2.26. The molecule has 2 aromatic rings. The molecule has 34 heavy (non-hydrogen) atoms. The van der Waals surface area contributed by atoms with Crippen molar-refractivity contribution in [1.82, 2.24) is 4.31 Å². The number of carbonyl (C=O) groups excluding carboxylic acids is 1. The van der Waals surface area contributed by atoms with E-state index in [1.165, 1.54) is 43.8 Å². The highest BCUT2D eigenvalue weighted by Crippen LogP contribution is 2.46. The average Bonchev–Trinajstić information content (AvgIpc) is 2.83. The third-order valence-corrected chi connectivity index (χ3v) is 7.19. The number of nitro benzene ring substituents is 1. The van der Waals surface area contributed by atoms with Crippen molar-refractivity contribution in [3.63, 3.8) is 0 Å². The number of hydrogen-bond acceptors (Lipinski definition) is 9. The molecule has 0 unspecified atom stereocenters. The van der Waals surface area contributed by atoms with Gasteiger partial charge in [0.25, 0.3) is 5.91 Å². The summed E-state index contributed by atoms with van der Waals surface area (Å²) >= 11 is 0. The molecule has 1 aliphatic rings. The number of ether oxygens (including phenoxy) is 4. The van der Waals surface area contributed by atoms with Gasteiger partial charge in [-0.3, -0.25) is 14.9 Å². The minimum Gasteiger partial charge on any atom is -0.493 e. The van der Waals surface area contributed by atoms with E-state index in [1.807, 2.05) is 0 Å². The first-order valence-electron chi connectivity index (χ1n) is 10.1. The van der Waals surface area contributed by atoms with E-state index in [4.69, 9.17) is 18.9 Å². The van der Waals surface area contributed by atoms with Crippen LogP contribution in [0.5, 0.6) is 17.2 Å². The van der Waals surface area contributed by atoms with Crippen LogP contribution in [0, 0.1) is 17.0 Å². The number of amides is 1. The largest absolute Gasteiger partial charge is 0.493 e. The summed E-state index contributed by atoms with van der Waals surface area (Å²) in [4.78, 5) is 24.2. The van der Waals surface area contributed by atoms with Crippen LogP contribution >= 0.6 is 0 Å². The lowest BCUT2D eigenvalue weighted by molar-refractivity contribution is -0.386. The molecule has 13 heteroatoms. The number of nitro groups is 1. The van der Waals surface area contributed by atoms with Gasteiger partial charge in [-0.05, 0) is 24.6 Å². The first-order chi connectivity index (χ1) is 16.1. The van der Waals surface area contributed by atoms with Crippen molar-refractivity contribution in [3.8, 4) is 17.2 Å². The Kier molecular flexibility index (Phi) is 7.59. The number of nitrogens with zero attached hydrogens (tertiary/aromatic N) is 2. The molecule has 184 valence electrons. The molecule has 0 aromatic heterocycles. The van der Waals surface area contributed by atoms with Crippen LogP contribution in [0.3, 0.4) is 0 Å². The van der Waals surface area contributed by atoms with Crippen molar-refractivity contribution < 1.29 is 37.1 Å². The average molecular weight is 496 g/mol. The maximum absolute atomic E-state index is 13.1. The number of carbonyl (C=O) groups is 1. The van der Waals surface area contributed by atoms with Gasteiger partial charge in [0.2, 0.25) is 21.5 Å². The second kappa shape index (κ2) is 10.2. The fourth-order valence-electron chi connectivity index (χ4n) is 3.52. The van der Waals surface area contributed by atoms with Crippen molar-refractivity contribution in [2.45, 2.75) is 11.8 Å². The highest BCUT2D eigenvalue weighted by Gasteiger charge is 2.33. The summed E-state index contributed by atoms with van der Waals surface area (Å²) in [5.41, 5.74) is -0.223. The predicted molar refractivity (Wildman–Crippen MR) is 121 cm³/mol. The van der Waals surface area contributed by atoms with Gasteiger partial charge in [0.15, 0.2) is 5.75 Å². The summed E-state index contributed by atoms with van der Waals surface area (Å²) in [5, 5.41) is 14.4. The van der Waals surface area contributed by atoms with Gasteiger partial charge in [-0.2, -0.15) is 4.31 Å². The molecule has 0 bridgehead atoms. The second-order valence-corrected chi connectivity index (χ2v) is 9.18. The molecule has 2 aromatic carbocycles. The summed E-state index contributed by atoms with van der Waals surface area (Å²) in [6.07, 6.45) is 0. The lowest BCUT2D eigenvalue weighted by Crippen LogP contribution is -2.40. The van der Waals surface area contributed by atoms with Gasteiger partial charge in [0.05, 0.1) is 44.4 Å². The molecule has 1 N–H and O–H groups in total. The van der Waals surface area contributed by atoms with Crippen LogP contribution in [0.1, 0.15) is 15.9 Å². The Hall–Kier alpha value is -3.42. The van der Waals surface area contributed by atoms with E-state index in [2.05, 4.69) is 5.32 Å². The molecule has 0 radical (unpaired) electrons. The molecule has 1 saturated heterocycles. The smallest absolute Gasteiger partial charge is 0.327 e. The Balaban J connectivity index is 2.03. The van der Waals surface area contributed by atoms with Crippen molar-refractivity contribution in [3.05, 3.63) is 45.5 Å². The van der Waals surface area contributed by atoms with Crippen LogP contribution in [0.15, 0.2) is 29.2 Å². The molecule has 1 amide bonds. The fraction of sp³-hybridized carbons (Fsp3) is 0.381. The molecule has 3 rings (SSSR count). The number of nitrogens with one attached hydrogen (secondary N) is 1. The van der Waals surface area contributed by atoms with Crippen molar-refractivity contribution in [2.75, 3.05) is 52.9 Å². The molecule has 0 atom stereocenters. The summed E-state index contributed by atoms with van der Waals surface area (Å²) < 4.78 is 48.1. The Labute approximate surface area is 196 Å². The lowest BCUT2D eigenvalue weighted by atomic mass is 10.1. The van der Waals surface area contributed by atoms with Gasteiger partial charge >= 0.3 is 5.69 Å². The van der Waals surface area contributed by atoms with Crippen LogP contribution in [0.2, 0.25) is 0 Å². The summed E-state index contributed by atoms with van der Waals surface area (Å²) in [6.45, 7) is 2.69. The summed E-state index contributed by atoms with van der Waals surface area (Å²) in [7, 11) is -0.0122. The summed E-state index contributed by atoms with van der Waals surface area (Å²) in [5.74, 6) is -1.12. The second-order valence-electron chi connectivity index (χ2n) is 7.25. The van der Waals surface area contributed by atoms with Gasteiger partial charge in [0, 0.05) is 24.8 Å². The number of sulfonamides is 1. The van der Waals surface area contributed by atoms with Crippen LogP contribution in [0.25, 0.3) is 0 Å². The van der Waals surface area contributed by atoms with E-state index in [1.54, 1.807) is 13.0 Å². The standard InChI is InChI=1S/C21H25N3O9S/c1-13-5-6-14(34(28,29)23-7-9-33-10-8-23)11-16(13)22-21(25)15-12-17(30-2)19(31-3)20(32-4)18(15)24(26)27/h5-6,11-12H,7-10H2,1-4H3,(H,22,25). The van der Waals surface area contributed by atoms with Gasteiger partial charge in [0.1, 0.15) is 5.56 Å². The van der Waals surface area contributed by atoms with Crippen LogP contribution in [-0.4, -0.2) is 71.2 Å². The van der Waals surface area contributed by atoms with Crippen LogP contribution < -0.4 is 19.5 Å². The predicted octanol–water partition coefficient (Wildman–Crippen LogP) is 2.20. The molecular formula is C21H25N3O9S. The molecule has 1 fully saturated rings. The number of morpholine rings is 1. The van der Waals surface area contributed by atoms with Gasteiger partial charge in [-0.25, -0.2) is 8.42 Å². The normalized spacial score (nSPS) is 14.4. The molecule has 0 aliphatic carbocycles. The maximum Gasteiger partial charge on any atom is 0.327 e. The highest BCUT2D eigenvalue weighted by atomic mass is 32.2. The number of anilines is 1. The van der Waals surface area contributed by atoms with E-state index in [-0.39, 0.29) is 46.5 Å². The van der Waals surface area contributed by atoms with E-state index in [0.717, 1.165) is 0 Å². The summed E-state index contributed by atoms with van der Waals surface area (Å²) in [6, 6.07) is 5.48. The SMILES string of the molecule is COc1cc(C(=O)Nc2cc(S(=O)(=O)N3CCOCC3)ccc2C)c([N+](=O)[O-])c(OC)c1OC. The third-order valence-electron chi connectivity index (χ3n) is 5.30. The molecule has 1 aliphatic heterocycles. The van der Waals surface area contributed by atoms with E-state index >= 15 is 0 Å². The number of methoxy groups -OCH3 is 3. The fourth-order valence-corrected chi connectivity index (χ4v) is 4.95.